The molecule has 0 saturated heterocycles. The van der Waals surface area contributed by atoms with Gasteiger partial charge in [-0.05, 0) is 35.2 Å². The van der Waals surface area contributed by atoms with Crippen molar-refractivity contribution >= 4 is 6.09 Å². The number of hydrogen-bond donors (Lipinski definition) is 2. The molecule has 4 heteroatoms. The number of benzene rings is 2. The van der Waals surface area contributed by atoms with Gasteiger partial charge in [0.25, 0.3) is 0 Å². The van der Waals surface area contributed by atoms with Crippen molar-refractivity contribution in [2.75, 3.05) is 6.54 Å². The molecule has 22 heavy (non-hydrogen) atoms. The fourth-order valence-corrected chi connectivity index (χ4v) is 2.59. The lowest BCUT2D eigenvalue weighted by molar-refractivity contribution is 0.139. The van der Waals surface area contributed by atoms with E-state index in [1.54, 1.807) is 0 Å². The highest BCUT2D eigenvalue weighted by molar-refractivity contribution is 5.67. The Morgan fingerprint density at radius 1 is 1.09 bits per heavy atom. The third kappa shape index (κ3) is 3.86. The third-order valence-corrected chi connectivity index (χ3v) is 3.81. The number of rotatable bonds is 4. The molecule has 0 saturated carbocycles. The van der Waals surface area contributed by atoms with Crippen molar-refractivity contribution in [1.82, 2.24) is 10.6 Å². The van der Waals surface area contributed by atoms with Gasteiger partial charge in [-0.25, -0.2) is 4.79 Å². The van der Waals surface area contributed by atoms with Crippen molar-refractivity contribution in [3.05, 3.63) is 70.8 Å². The summed E-state index contributed by atoms with van der Waals surface area (Å²) >= 11 is 0. The van der Waals surface area contributed by atoms with Crippen LogP contribution in [0.25, 0.3) is 0 Å². The topological polar surface area (TPSA) is 50.4 Å². The molecule has 0 fully saturated rings. The summed E-state index contributed by atoms with van der Waals surface area (Å²) in [7, 11) is 0. The number of amides is 1. The number of nitrogens with one attached hydrogen (secondary N) is 2. The van der Waals surface area contributed by atoms with Crippen molar-refractivity contribution in [3.63, 3.8) is 0 Å². The summed E-state index contributed by atoms with van der Waals surface area (Å²) in [6, 6.07) is 16.0. The predicted molar refractivity (Wildman–Crippen MR) is 85.3 cm³/mol. The van der Waals surface area contributed by atoms with Crippen LogP contribution in [-0.2, 0) is 30.9 Å². The SMILES string of the molecule is O=C(NCc1ccc2c(c1)CCNC2)OCc1ccccc1. The van der Waals surface area contributed by atoms with Gasteiger partial charge in [0.15, 0.2) is 0 Å². The van der Waals surface area contributed by atoms with Gasteiger partial charge in [0, 0.05) is 13.1 Å². The van der Waals surface area contributed by atoms with E-state index in [4.69, 9.17) is 4.74 Å². The van der Waals surface area contributed by atoms with Gasteiger partial charge in [-0.3, -0.25) is 0 Å². The Kier molecular flexibility index (Phi) is 4.71. The smallest absolute Gasteiger partial charge is 0.407 e. The lowest BCUT2D eigenvalue weighted by Crippen LogP contribution is -2.25. The minimum atomic E-state index is -0.386. The molecule has 0 aliphatic carbocycles. The van der Waals surface area contributed by atoms with Crippen molar-refractivity contribution < 1.29 is 9.53 Å². The summed E-state index contributed by atoms with van der Waals surface area (Å²) < 4.78 is 5.20. The Morgan fingerprint density at radius 3 is 2.82 bits per heavy atom. The van der Waals surface area contributed by atoms with E-state index < -0.39 is 0 Å². The van der Waals surface area contributed by atoms with E-state index in [-0.39, 0.29) is 6.09 Å². The van der Waals surface area contributed by atoms with Crippen LogP contribution in [0, 0.1) is 0 Å². The maximum Gasteiger partial charge on any atom is 0.407 e. The van der Waals surface area contributed by atoms with Gasteiger partial charge >= 0.3 is 6.09 Å². The van der Waals surface area contributed by atoms with E-state index in [1.807, 2.05) is 30.3 Å². The van der Waals surface area contributed by atoms with Gasteiger partial charge in [-0.15, -0.1) is 0 Å². The minimum absolute atomic E-state index is 0.294. The maximum atomic E-state index is 11.7. The van der Waals surface area contributed by atoms with E-state index in [1.165, 1.54) is 11.1 Å². The van der Waals surface area contributed by atoms with Crippen LogP contribution in [0.5, 0.6) is 0 Å². The number of alkyl carbamates (subject to hydrolysis) is 1. The highest BCUT2D eigenvalue weighted by atomic mass is 16.5. The summed E-state index contributed by atoms with van der Waals surface area (Å²) in [6.45, 7) is 2.74. The summed E-state index contributed by atoms with van der Waals surface area (Å²) in [5.41, 5.74) is 4.81. The van der Waals surface area contributed by atoms with Crippen LogP contribution in [0.4, 0.5) is 4.79 Å². The summed E-state index contributed by atoms with van der Waals surface area (Å²) in [6.07, 6.45) is 0.657. The maximum absolute atomic E-state index is 11.7. The quantitative estimate of drug-likeness (QED) is 0.912. The van der Waals surface area contributed by atoms with Gasteiger partial charge in [-0.2, -0.15) is 0 Å². The molecule has 1 aliphatic heterocycles. The Morgan fingerprint density at radius 2 is 1.95 bits per heavy atom. The average molecular weight is 296 g/mol. The normalized spacial score (nSPS) is 13.3. The molecule has 0 aromatic heterocycles. The molecular weight excluding hydrogens is 276 g/mol. The van der Waals surface area contributed by atoms with Crippen LogP contribution in [0.1, 0.15) is 22.3 Å². The van der Waals surface area contributed by atoms with Gasteiger partial charge in [0.05, 0.1) is 0 Å². The lowest BCUT2D eigenvalue weighted by atomic mass is 9.98. The van der Waals surface area contributed by atoms with E-state index in [0.717, 1.165) is 30.6 Å². The zero-order valence-electron chi connectivity index (χ0n) is 12.5. The van der Waals surface area contributed by atoms with Crippen molar-refractivity contribution in [2.24, 2.45) is 0 Å². The van der Waals surface area contributed by atoms with Crippen LogP contribution in [0.2, 0.25) is 0 Å². The third-order valence-electron chi connectivity index (χ3n) is 3.81. The zero-order valence-corrected chi connectivity index (χ0v) is 12.5. The first-order valence-electron chi connectivity index (χ1n) is 7.57. The Balaban J connectivity index is 1.48. The van der Waals surface area contributed by atoms with E-state index in [9.17, 15) is 4.79 Å². The van der Waals surface area contributed by atoms with Crippen molar-refractivity contribution in [3.8, 4) is 0 Å². The number of carbonyl (C=O) groups is 1. The predicted octanol–water partition coefficient (Wildman–Crippen LogP) is 2.76. The lowest BCUT2D eigenvalue weighted by Gasteiger charge is -2.18. The standard InChI is InChI=1S/C18H20N2O2/c21-18(22-13-14-4-2-1-3-5-14)20-11-15-6-7-17-12-19-9-8-16(17)10-15/h1-7,10,19H,8-9,11-13H2,(H,20,21). The molecule has 0 atom stereocenters. The summed E-state index contributed by atoms with van der Waals surface area (Å²) in [4.78, 5) is 11.7. The Labute approximate surface area is 130 Å². The zero-order chi connectivity index (χ0) is 15.2. The number of fused-ring (bicyclic) bond motifs is 1. The largest absolute Gasteiger partial charge is 0.445 e. The van der Waals surface area contributed by atoms with E-state index in [2.05, 4.69) is 28.8 Å². The monoisotopic (exact) mass is 296 g/mol. The molecule has 1 aliphatic rings. The summed E-state index contributed by atoms with van der Waals surface area (Å²) in [5, 5.41) is 6.15. The van der Waals surface area contributed by atoms with Crippen molar-refractivity contribution in [1.29, 1.82) is 0 Å². The Hall–Kier alpha value is -2.33. The molecule has 0 unspecified atom stereocenters. The van der Waals surface area contributed by atoms with E-state index in [0.29, 0.717) is 13.2 Å². The molecule has 0 bridgehead atoms. The van der Waals surface area contributed by atoms with Gasteiger partial charge in [0.1, 0.15) is 6.61 Å². The molecule has 114 valence electrons. The number of ether oxygens (including phenoxy) is 1. The molecule has 4 nitrogen and oxygen atoms in total. The molecule has 1 amide bonds. The molecule has 0 spiro atoms. The number of hydrogen-bond acceptors (Lipinski definition) is 3. The first kappa shape index (κ1) is 14.6. The summed E-state index contributed by atoms with van der Waals surface area (Å²) in [5.74, 6) is 0. The van der Waals surface area contributed by atoms with Crippen LogP contribution in [-0.4, -0.2) is 12.6 Å². The molecule has 1 heterocycles. The van der Waals surface area contributed by atoms with Crippen LogP contribution in [0.3, 0.4) is 0 Å². The van der Waals surface area contributed by atoms with E-state index >= 15 is 0 Å². The molecular formula is C18H20N2O2. The Bertz CT molecular complexity index is 641. The first-order valence-corrected chi connectivity index (χ1v) is 7.57. The van der Waals surface area contributed by atoms with Crippen molar-refractivity contribution in [2.45, 2.75) is 26.1 Å². The minimum Gasteiger partial charge on any atom is -0.445 e. The fourth-order valence-electron chi connectivity index (χ4n) is 2.59. The molecule has 2 N–H and O–H groups in total. The average Bonchev–Trinajstić information content (AvgIpc) is 2.59. The second kappa shape index (κ2) is 7.09. The second-order valence-electron chi connectivity index (χ2n) is 5.45. The van der Waals surface area contributed by atoms with Crippen LogP contribution in [0.15, 0.2) is 48.5 Å². The van der Waals surface area contributed by atoms with Gasteiger partial charge in [0.2, 0.25) is 0 Å². The molecule has 0 radical (unpaired) electrons. The van der Waals surface area contributed by atoms with Gasteiger partial charge < -0.3 is 15.4 Å². The van der Waals surface area contributed by atoms with Gasteiger partial charge in [-0.1, -0.05) is 48.5 Å². The number of carbonyl (C=O) groups excluding carboxylic acids is 1. The van der Waals surface area contributed by atoms with Crippen LogP contribution >= 0.6 is 0 Å². The molecule has 2 aromatic carbocycles. The highest BCUT2D eigenvalue weighted by Crippen LogP contribution is 2.15. The second-order valence-corrected chi connectivity index (χ2v) is 5.45. The molecule has 2 aromatic rings. The van der Waals surface area contributed by atoms with Crippen LogP contribution < -0.4 is 10.6 Å². The highest BCUT2D eigenvalue weighted by Gasteiger charge is 2.09. The first-order chi connectivity index (χ1) is 10.8. The molecule has 3 rings (SSSR count). The fraction of sp³-hybridized carbons (Fsp3) is 0.278.